The lowest BCUT2D eigenvalue weighted by molar-refractivity contribution is 0.102. The van der Waals surface area contributed by atoms with Gasteiger partial charge in [0.1, 0.15) is 5.82 Å². The van der Waals surface area contributed by atoms with Gasteiger partial charge in [0.05, 0.1) is 5.56 Å². The number of nitrogens with one attached hydrogen (secondary N) is 1. The number of carbonyl (C=O) groups is 1. The second kappa shape index (κ2) is 5.02. The van der Waals surface area contributed by atoms with Gasteiger partial charge in [0, 0.05) is 22.2 Å². The molecule has 0 fully saturated rings. The molecular weight excluding hydrogens is 317 g/mol. The number of halogens is 1. The molecule has 0 unspecified atom stereocenters. The monoisotopic (exact) mass is 325 g/mol. The van der Waals surface area contributed by atoms with Crippen molar-refractivity contribution in [3.8, 4) is 0 Å². The molecule has 0 aliphatic rings. The summed E-state index contributed by atoms with van der Waals surface area (Å²) in [6.45, 7) is 0. The van der Waals surface area contributed by atoms with Crippen molar-refractivity contribution >= 4 is 34.3 Å². The van der Waals surface area contributed by atoms with E-state index in [-0.39, 0.29) is 5.91 Å². The first-order chi connectivity index (χ1) is 7.75. The van der Waals surface area contributed by atoms with Gasteiger partial charge in [-0.2, -0.15) is 0 Å². The first kappa shape index (κ1) is 11.0. The minimum absolute atomic E-state index is 0.207. The van der Waals surface area contributed by atoms with Gasteiger partial charge in [0.2, 0.25) is 0 Å². The van der Waals surface area contributed by atoms with Gasteiger partial charge in [-0.05, 0) is 46.9 Å². The second-order valence-electron chi connectivity index (χ2n) is 3.06. The molecule has 2 aromatic heterocycles. The maximum Gasteiger partial charge on any atom is 0.258 e. The Kier molecular flexibility index (Phi) is 3.45. The van der Waals surface area contributed by atoms with E-state index < -0.39 is 0 Å². The van der Waals surface area contributed by atoms with Crippen LogP contribution in [0, 0.1) is 3.57 Å². The van der Waals surface area contributed by atoms with Crippen molar-refractivity contribution < 1.29 is 4.79 Å². The van der Waals surface area contributed by atoms with E-state index in [9.17, 15) is 4.79 Å². The van der Waals surface area contributed by atoms with Crippen molar-refractivity contribution in [2.45, 2.75) is 0 Å². The third-order valence-electron chi connectivity index (χ3n) is 1.89. The Bertz CT molecular complexity index is 484. The Hall–Kier alpha value is -1.50. The maximum absolute atomic E-state index is 11.7. The smallest absolute Gasteiger partial charge is 0.258 e. The van der Waals surface area contributed by atoms with Crippen LogP contribution in [-0.4, -0.2) is 15.9 Å². The van der Waals surface area contributed by atoms with Crippen LogP contribution >= 0.6 is 22.6 Å². The molecule has 0 aliphatic carbocycles. The average Bonchev–Trinajstić information content (AvgIpc) is 2.33. The zero-order valence-corrected chi connectivity index (χ0v) is 10.4. The van der Waals surface area contributed by atoms with Crippen LogP contribution in [0.15, 0.2) is 42.9 Å². The molecule has 1 N–H and O–H groups in total. The Morgan fingerprint density at radius 2 is 2.12 bits per heavy atom. The summed E-state index contributed by atoms with van der Waals surface area (Å²) in [5, 5.41) is 2.69. The first-order valence-corrected chi connectivity index (χ1v) is 5.66. The summed E-state index contributed by atoms with van der Waals surface area (Å²) in [5.41, 5.74) is 0.517. The lowest BCUT2D eigenvalue weighted by atomic mass is 10.3. The van der Waals surface area contributed by atoms with Gasteiger partial charge in [0.25, 0.3) is 5.91 Å². The van der Waals surface area contributed by atoms with Crippen LogP contribution in [0.3, 0.4) is 0 Å². The molecule has 0 saturated carbocycles. The van der Waals surface area contributed by atoms with Crippen LogP contribution in [0.1, 0.15) is 10.4 Å². The van der Waals surface area contributed by atoms with E-state index in [1.54, 1.807) is 30.6 Å². The molecule has 80 valence electrons. The highest BCUT2D eigenvalue weighted by atomic mass is 127. The maximum atomic E-state index is 11.7. The molecule has 1 amide bonds. The molecule has 0 atom stereocenters. The number of nitrogens with zero attached hydrogens (tertiary/aromatic N) is 2. The van der Waals surface area contributed by atoms with Gasteiger partial charge in [-0.1, -0.05) is 0 Å². The van der Waals surface area contributed by atoms with Crippen LogP contribution in [0.2, 0.25) is 0 Å². The van der Waals surface area contributed by atoms with Gasteiger partial charge in [-0.25, -0.2) is 4.98 Å². The molecule has 4 nitrogen and oxygen atoms in total. The number of carbonyl (C=O) groups excluding carboxylic acids is 1. The second-order valence-corrected chi connectivity index (χ2v) is 4.30. The third kappa shape index (κ3) is 2.75. The lowest BCUT2D eigenvalue weighted by Gasteiger charge is -2.03. The molecule has 0 radical (unpaired) electrons. The number of anilines is 1. The topological polar surface area (TPSA) is 54.9 Å². The normalized spacial score (nSPS) is 9.81. The molecule has 0 aliphatic heterocycles. The first-order valence-electron chi connectivity index (χ1n) is 4.58. The van der Waals surface area contributed by atoms with Gasteiger partial charge < -0.3 is 5.32 Å². The number of aromatic nitrogens is 2. The molecular formula is C11H8IN3O. The largest absolute Gasteiger partial charge is 0.307 e. The molecule has 0 saturated heterocycles. The van der Waals surface area contributed by atoms with E-state index in [0.717, 1.165) is 3.57 Å². The summed E-state index contributed by atoms with van der Waals surface area (Å²) >= 11 is 2.16. The Morgan fingerprint density at radius 1 is 1.25 bits per heavy atom. The summed E-state index contributed by atoms with van der Waals surface area (Å²) in [6.07, 6.45) is 4.83. The summed E-state index contributed by atoms with van der Waals surface area (Å²) < 4.78 is 1.02. The van der Waals surface area contributed by atoms with Gasteiger partial charge in [-0.15, -0.1) is 0 Å². The standard InChI is InChI=1S/C11H8IN3O/c12-9-3-4-10(14-7-9)15-11(16)8-2-1-5-13-6-8/h1-7H,(H,14,15,16). The van der Waals surface area contributed by atoms with Crippen molar-refractivity contribution in [3.63, 3.8) is 0 Å². The number of rotatable bonds is 2. The average molecular weight is 325 g/mol. The number of hydrogen-bond acceptors (Lipinski definition) is 3. The van der Waals surface area contributed by atoms with Crippen LogP contribution in [0.5, 0.6) is 0 Å². The van der Waals surface area contributed by atoms with Crippen LogP contribution in [-0.2, 0) is 0 Å². The van der Waals surface area contributed by atoms with Gasteiger partial charge in [0.15, 0.2) is 0 Å². The molecule has 0 bridgehead atoms. The number of amides is 1. The molecule has 16 heavy (non-hydrogen) atoms. The van der Waals surface area contributed by atoms with E-state index in [1.165, 1.54) is 6.20 Å². The quantitative estimate of drug-likeness (QED) is 0.863. The summed E-state index contributed by atoms with van der Waals surface area (Å²) in [5.74, 6) is 0.330. The van der Waals surface area contributed by atoms with Crippen molar-refractivity contribution in [2.75, 3.05) is 5.32 Å². The van der Waals surface area contributed by atoms with Crippen molar-refractivity contribution in [2.24, 2.45) is 0 Å². The lowest BCUT2D eigenvalue weighted by Crippen LogP contribution is -2.12. The SMILES string of the molecule is O=C(Nc1ccc(I)cn1)c1cccnc1. The highest BCUT2D eigenvalue weighted by molar-refractivity contribution is 14.1. The van der Waals surface area contributed by atoms with Gasteiger partial charge in [-0.3, -0.25) is 9.78 Å². The fraction of sp³-hybridized carbons (Fsp3) is 0. The van der Waals surface area contributed by atoms with Crippen molar-refractivity contribution in [1.29, 1.82) is 0 Å². The Labute approximate surface area is 106 Å². The number of hydrogen-bond donors (Lipinski definition) is 1. The molecule has 2 rings (SSSR count). The van der Waals surface area contributed by atoms with E-state index in [1.807, 2.05) is 6.07 Å². The van der Waals surface area contributed by atoms with E-state index in [0.29, 0.717) is 11.4 Å². The summed E-state index contributed by atoms with van der Waals surface area (Å²) in [7, 11) is 0. The molecule has 0 aromatic carbocycles. The zero-order chi connectivity index (χ0) is 11.4. The Morgan fingerprint density at radius 3 is 2.75 bits per heavy atom. The third-order valence-corrected chi connectivity index (χ3v) is 2.53. The predicted molar refractivity (Wildman–Crippen MR) is 69.1 cm³/mol. The molecule has 5 heteroatoms. The van der Waals surface area contributed by atoms with Crippen LogP contribution in [0.4, 0.5) is 5.82 Å². The number of pyridine rings is 2. The van der Waals surface area contributed by atoms with E-state index in [2.05, 4.69) is 37.9 Å². The van der Waals surface area contributed by atoms with E-state index >= 15 is 0 Å². The summed E-state index contributed by atoms with van der Waals surface area (Å²) in [6, 6.07) is 7.06. The minimum Gasteiger partial charge on any atom is -0.307 e. The van der Waals surface area contributed by atoms with Crippen LogP contribution < -0.4 is 5.32 Å². The van der Waals surface area contributed by atoms with E-state index in [4.69, 9.17) is 0 Å². The van der Waals surface area contributed by atoms with Crippen molar-refractivity contribution in [1.82, 2.24) is 9.97 Å². The zero-order valence-electron chi connectivity index (χ0n) is 8.22. The molecule has 0 spiro atoms. The summed E-state index contributed by atoms with van der Waals surface area (Å²) in [4.78, 5) is 19.7. The van der Waals surface area contributed by atoms with Crippen molar-refractivity contribution in [3.05, 3.63) is 52.0 Å². The van der Waals surface area contributed by atoms with Gasteiger partial charge >= 0.3 is 0 Å². The Balaban J connectivity index is 2.11. The van der Waals surface area contributed by atoms with Crippen LogP contribution in [0.25, 0.3) is 0 Å². The molecule has 2 heterocycles. The fourth-order valence-electron chi connectivity index (χ4n) is 1.14. The minimum atomic E-state index is -0.207. The predicted octanol–water partition coefficient (Wildman–Crippen LogP) is 2.33. The fourth-order valence-corrected chi connectivity index (χ4v) is 1.45. The highest BCUT2D eigenvalue weighted by Gasteiger charge is 2.05. The molecule has 2 aromatic rings. The highest BCUT2D eigenvalue weighted by Crippen LogP contribution is 2.08.